The molecule has 17 heavy (non-hydrogen) atoms. The van der Waals surface area contributed by atoms with E-state index in [9.17, 15) is 4.79 Å². The highest BCUT2D eigenvalue weighted by Gasteiger charge is 2.24. The van der Waals surface area contributed by atoms with Gasteiger partial charge in [0.15, 0.2) is 5.69 Å². The molecule has 1 aliphatic rings. The zero-order chi connectivity index (χ0) is 11.8. The van der Waals surface area contributed by atoms with E-state index < -0.39 is 5.97 Å². The van der Waals surface area contributed by atoms with Crippen LogP contribution in [0.15, 0.2) is 23.7 Å². The number of carbonyl (C=O) groups is 1. The van der Waals surface area contributed by atoms with Gasteiger partial charge in [0.25, 0.3) is 0 Å². The molecular weight excluding hydrogens is 240 g/mol. The van der Waals surface area contributed by atoms with E-state index in [0.717, 1.165) is 4.88 Å². The minimum atomic E-state index is -1.00. The third-order valence-electron chi connectivity index (χ3n) is 2.71. The van der Waals surface area contributed by atoms with Crippen molar-refractivity contribution in [3.05, 3.63) is 40.1 Å². The van der Waals surface area contributed by atoms with Crippen LogP contribution >= 0.6 is 11.3 Å². The second kappa shape index (κ2) is 3.97. The Bertz CT molecular complexity index is 547. The molecule has 0 fully saturated rings. The van der Waals surface area contributed by atoms with Gasteiger partial charge in [0.1, 0.15) is 18.5 Å². The van der Waals surface area contributed by atoms with Crippen LogP contribution in [-0.2, 0) is 17.9 Å². The van der Waals surface area contributed by atoms with Crippen molar-refractivity contribution in [2.24, 2.45) is 0 Å². The summed E-state index contributed by atoms with van der Waals surface area (Å²) in [5.74, 6) is -0.324. The molecule has 0 saturated heterocycles. The van der Waals surface area contributed by atoms with E-state index in [4.69, 9.17) is 9.84 Å². The number of nitrogens with zero attached hydrogens (tertiary/aromatic N) is 2. The van der Waals surface area contributed by atoms with E-state index in [1.165, 1.54) is 0 Å². The minimum Gasteiger partial charge on any atom is -0.476 e. The molecule has 1 unspecified atom stereocenters. The molecule has 0 amide bonds. The number of hydrogen-bond donors (Lipinski definition) is 1. The quantitative estimate of drug-likeness (QED) is 0.884. The number of aromatic carboxylic acids is 1. The van der Waals surface area contributed by atoms with Gasteiger partial charge in [-0.1, -0.05) is 6.07 Å². The summed E-state index contributed by atoms with van der Waals surface area (Å²) in [6.45, 7) is 0.978. The molecule has 6 heteroatoms. The smallest absolute Gasteiger partial charge is 0.356 e. The highest BCUT2D eigenvalue weighted by atomic mass is 32.1. The largest absolute Gasteiger partial charge is 0.476 e. The van der Waals surface area contributed by atoms with Crippen molar-refractivity contribution in [1.29, 1.82) is 0 Å². The van der Waals surface area contributed by atoms with E-state index in [-0.39, 0.29) is 11.8 Å². The van der Waals surface area contributed by atoms with Gasteiger partial charge in [-0.3, -0.25) is 0 Å². The van der Waals surface area contributed by atoms with Gasteiger partial charge >= 0.3 is 5.97 Å². The summed E-state index contributed by atoms with van der Waals surface area (Å²) in [7, 11) is 0. The third-order valence-corrected chi connectivity index (χ3v) is 3.68. The van der Waals surface area contributed by atoms with Crippen LogP contribution in [0.1, 0.15) is 27.3 Å². The van der Waals surface area contributed by atoms with Crippen LogP contribution in [0.2, 0.25) is 0 Å². The molecule has 2 aromatic rings. The first kappa shape index (κ1) is 10.5. The maximum atomic E-state index is 10.8. The van der Waals surface area contributed by atoms with Gasteiger partial charge in [0, 0.05) is 11.1 Å². The molecule has 1 atom stereocenters. The topological polar surface area (TPSA) is 64.3 Å². The molecule has 0 bridgehead atoms. The Morgan fingerprint density at radius 2 is 2.53 bits per heavy atom. The van der Waals surface area contributed by atoms with E-state index >= 15 is 0 Å². The van der Waals surface area contributed by atoms with E-state index in [1.807, 2.05) is 22.1 Å². The van der Waals surface area contributed by atoms with Gasteiger partial charge in [-0.05, 0) is 11.4 Å². The Morgan fingerprint density at radius 3 is 3.24 bits per heavy atom. The Kier molecular flexibility index (Phi) is 2.45. The lowest BCUT2D eigenvalue weighted by molar-refractivity contribution is 0.00267. The summed E-state index contributed by atoms with van der Waals surface area (Å²) >= 11 is 1.64. The number of fused-ring (bicyclic) bond motifs is 1. The highest BCUT2D eigenvalue weighted by molar-refractivity contribution is 7.10. The van der Waals surface area contributed by atoms with Crippen LogP contribution in [-0.4, -0.2) is 20.6 Å². The summed E-state index contributed by atoms with van der Waals surface area (Å²) < 4.78 is 7.53. The maximum Gasteiger partial charge on any atom is 0.356 e. The van der Waals surface area contributed by atoms with Crippen LogP contribution in [0.5, 0.6) is 0 Å². The average Bonchev–Trinajstić information content (AvgIpc) is 2.97. The molecule has 0 spiro atoms. The Labute approximate surface area is 101 Å². The molecule has 3 heterocycles. The lowest BCUT2D eigenvalue weighted by Gasteiger charge is -2.23. The first-order valence-corrected chi connectivity index (χ1v) is 6.06. The van der Waals surface area contributed by atoms with E-state index in [0.29, 0.717) is 19.0 Å². The predicted molar refractivity (Wildman–Crippen MR) is 61.0 cm³/mol. The van der Waals surface area contributed by atoms with Gasteiger partial charge in [-0.2, -0.15) is 0 Å². The average molecular weight is 250 g/mol. The monoisotopic (exact) mass is 250 g/mol. The number of ether oxygens (including phenoxy) is 1. The molecule has 0 aromatic carbocycles. The van der Waals surface area contributed by atoms with Crippen LogP contribution in [0.4, 0.5) is 0 Å². The predicted octanol–water partition coefficient (Wildman–Crippen LogP) is 1.91. The Hall–Kier alpha value is -1.66. The maximum absolute atomic E-state index is 10.8. The summed E-state index contributed by atoms with van der Waals surface area (Å²) in [5, 5.41) is 10.9. The third kappa shape index (κ3) is 1.85. The molecular formula is C11H10N2O3S. The lowest BCUT2D eigenvalue weighted by atomic mass is 10.2. The number of hydrogen-bond acceptors (Lipinski definition) is 4. The van der Waals surface area contributed by atoms with Crippen LogP contribution in [0, 0.1) is 0 Å². The van der Waals surface area contributed by atoms with Crippen molar-refractivity contribution in [3.8, 4) is 0 Å². The van der Waals surface area contributed by atoms with E-state index in [1.54, 1.807) is 17.5 Å². The molecule has 88 valence electrons. The number of rotatable bonds is 2. The first-order valence-electron chi connectivity index (χ1n) is 5.18. The molecule has 5 nitrogen and oxygen atoms in total. The molecule has 3 rings (SSSR count). The summed E-state index contributed by atoms with van der Waals surface area (Å²) in [4.78, 5) is 16.0. The fraction of sp³-hybridized carbons (Fsp3) is 0.273. The first-order chi connectivity index (χ1) is 8.24. The lowest BCUT2D eigenvalue weighted by Crippen LogP contribution is -2.20. The normalized spacial score (nSPS) is 18.9. The molecule has 0 saturated carbocycles. The molecule has 0 aliphatic carbocycles. The summed E-state index contributed by atoms with van der Waals surface area (Å²) in [5.41, 5.74) is 0.0791. The van der Waals surface area contributed by atoms with Crippen molar-refractivity contribution in [3.63, 3.8) is 0 Å². The minimum absolute atomic E-state index is 0.00153. The van der Waals surface area contributed by atoms with E-state index in [2.05, 4.69) is 4.98 Å². The van der Waals surface area contributed by atoms with Gasteiger partial charge < -0.3 is 14.4 Å². The van der Waals surface area contributed by atoms with Crippen molar-refractivity contribution < 1.29 is 14.6 Å². The highest BCUT2D eigenvalue weighted by Crippen LogP contribution is 2.29. The van der Waals surface area contributed by atoms with Gasteiger partial charge in [0.2, 0.25) is 0 Å². The van der Waals surface area contributed by atoms with Crippen LogP contribution in [0.3, 0.4) is 0 Å². The molecule has 2 aromatic heterocycles. The van der Waals surface area contributed by atoms with Crippen LogP contribution < -0.4 is 0 Å². The molecule has 1 aliphatic heterocycles. The van der Waals surface area contributed by atoms with Crippen molar-refractivity contribution >= 4 is 17.3 Å². The number of thiophene rings is 1. The number of carboxylic acids is 1. The van der Waals surface area contributed by atoms with Crippen LogP contribution in [0.25, 0.3) is 0 Å². The Balaban J connectivity index is 1.88. The van der Waals surface area contributed by atoms with Gasteiger partial charge in [-0.15, -0.1) is 11.3 Å². The fourth-order valence-corrected chi connectivity index (χ4v) is 2.65. The second-order valence-electron chi connectivity index (χ2n) is 3.81. The van der Waals surface area contributed by atoms with Crippen molar-refractivity contribution in [2.75, 3.05) is 0 Å². The zero-order valence-electron chi connectivity index (χ0n) is 8.87. The summed E-state index contributed by atoms with van der Waals surface area (Å²) in [6, 6.07) is 4.00. The number of imidazole rings is 1. The second-order valence-corrected chi connectivity index (χ2v) is 4.79. The Morgan fingerprint density at radius 1 is 1.65 bits per heavy atom. The van der Waals surface area contributed by atoms with Crippen molar-refractivity contribution in [1.82, 2.24) is 9.55 Å². The number of aromatic nitrogens is 2. The zero-order valence-corrected chi connectivity index (χ0v) is 9.68. The van der Waals surface area contributed by atoms with Crippen molar-refractivity contribution in [2.45, 2.75) is 19.3 Å². The van der Waals surface area contributed by atoms with Gasteiger partial charge in [0.05, 0.1) is 6.54 Å². The van der Waals surface area contributed by atoms with Gasteiger partial charge in [-0.25, -0.2) is 9.78 Å². The SMILES string of the molecule is O=C(O)c1cn2c(n1)COC(c1cccs1)C2. The molecule has 0 radical (unpaired) electrons. The molecule has 1 N–H and O–H groups in total. The number of carboxylic acid groups (broad SMARTS) is 1. The fourth-order valence-electron chi connectivity index (χ4n) is 1.88. The summed E-state index contributed by atoms with van der Waals surface area (Å²) in [6.07, 6.45) is 1.57. The standard InChI is InChI=1S/C11H10N2O3S/c14-11(15)7-4-13-5-8(9-2-1-3-17-9)16-6-10(13)12-7/h1-4,8H,5-6H2,(H,14,15).